The highest BCUT2D eigenvalue weighted by molar-refractivity contribution is 5.84. The standard InChI is InChI=1S/C25H30F4N6O/c1-2-31-21-13-20-18(14-33-21)23(15-7-10-30-11-8-15)34-35(20)16-3-5-17(6-4-16)36-24-22(26)19(9-12-32-24)25(27,28)29/h9,12-17,30H,2-8,10-11H2,1H3,(H,31,33)/t16-,17+. The summed E-state index contributed by atoms with van der Waals surface area (Å²) < 4.78 is 61.2. The van der Waals surface area contributed by atoms with Crippen molar-refractivity contribution in [2.75, 3.05) is 25.0 Å². The molecule has 3 aromatic rings. The first-order valence-corrected chi connectivity index (χ1v) is 12.6. The van der Waals surface area contributed by atoms with E-state index in [0.717, 1.165) is 61.1 Å². The number of halogens is 4. The summed E-state index contributed by atoms with van der Waals surface area (Å²) in [6.07, 6.45) is 2.25. The molecule has 2 fully saturated rings. The Morgan fingerprint density at radius 3 is 2.56 bits per heavy atom. The third-order valence-corrected chi connectivity index (χ3v) is 7.13. The van der Waals surface area contributed by atoms with Gasteiger partial charge in [0.1, 0.15) is 11.9 Å². The molecule has 0 atom stereocenters. The minimum absolute atomic E-state index is 0.110. The Bertz CT molecular complexity index is 1200. The van der Waals surface area contributed by atoms with Crippen molar-refractivity contribution < 1.29 is 22.3 Å². The minimum atomic E-state index is -4.80. The van der Waals surface area contributed by atoms with Crippen LogP contribution in [0, 0.1) is 5.82 Å². The Morgan fingerprint density at radius 2 is 1.86 bits per heavy atom. The fourth-order valence-electron chi connectivity index (χ4n) is 5.30. The van der Waals surface area contributed by atoms with Crippen LogP contribution < -0.4 is 15.4 Å². The molecule has 1 aliphatic heterocycles. The van der Waals surface area contributed by atoms with Gasteiger partial charge in [0.15, 0.2) is 5.82 Å². The Balaban J connectivity index is 1.35. The molecule has 36 heavy (non-hydrogen) atoms. The largest absolute Gasteiger partial charge is 0.472 e. The summed E-state index contributed by atoms with van der Waals surface area (Å²) in [6.45, 7) is 4.71. The number of anilines is 1. The van der Waals surface area contributed by atoms with E-state index < -0.39 is 29.5 Å². The van der Waals surface area contributed by atoms with Crippen molar-refractivity contribution in [3.05, 3.63) is 41.6 Å². The molecular formula is C25H30F4N6O. The first-order valence-electron chi connectivity index (χ1n) is 12.6. The van der Waals surface area contributed by atoms with Gasteiger partial charge in [0.25, 0.3) is 5.88 Å². The van der Waals surface area contributed by atoms with E-state index in [0.29, 0.717) is 37.7 Å². The number of piperidine rings is 1. The van der Waals surface area contributed by atoms with Gasteiger partial charge in [-0.3, -0.25) is 4.68 Å². The summed E-state index contributed by atoms with van der Waals surface area (Å²) in [4.78, 5) is 8.29. The zero-order valence-corrected chi connectivity index (χ0v) is 20.1. The number of hydrogen-bond donors (Lipinski definition) is 2. The van der Waals surface area contributed by atoms with Crippen molar-refractivity contribution in [3.63, 3.8) is 0 Å². The number of nitrogens with zero attached hydrogens (tertiary/aromatic N) is 4. The lowest BCUT2D eigenvalue weighted by atomic mass is 9.92. The number of nitrogens with one attached hydrogen (secondary N) is 2. The first-order chi connectivity index (χ1) is 17.3. The second-order valence-electron chi connectivity index (χ2n) is 9.49. The van der Waals surface area contributed by atoms with Crippen molar-refractivity contribution in [3.8, 4) is 5.88 Å². The van der Waals surface area contributed by atoms with Crippen molar-refractivity contribution in [1.29, 1.82) is 0 Å². The number of hydrogen-bond acceptors (Lipinski definition) is 6. The van der Waals surface area contributed by atoms with E-state index in [2.05, 4.69) is 25.3 Å². The fraction of sp³-hybridized carbons (Fsp3) is 0.560. The molecule has 4 heterocycles. The minimum Gasteiger partial charge on any atom is -0.472 e. The maximum absolute atomic E-state index is 14.4. The number of pyridine rings is 2. The van der Waals surface area contributed by atoms with E-state index in [4.69, 9.17) is 9.84 Å². The lowest BCUT2D eigenvalue weighted by Gasteiger charge is -2.29. The molecule has 1 saturated heterocycles. The van der Waals surface area contributed by atoms with Crippen molar-refractivity contribution >= 4 is 16.7 Å². The third kappa shape index (κ3) is 4.98. The molecule has 1 saturated carbocycles. The summed E-state index contributed by atoms with van der Waals surface area (Å²) in [5.41, 5.74) is 0.750. The predicted octanol–water partition coefficient (Wildman–Crippen LogP) is 5.45. The van der Waals surface area contributed by atoms with E-state index >= 15 is 0 Å². The second kappa shape index (κ2) is 10.2. The van der Waals surface area contributed by atoms with Gasteiger partial charge in [-0.25, -0.2) is 14.4 Å². The second-order valence-corrected chi connectivity index (χ2v) is 9.49. The van der Waals surface area contributed by atoms with Gasteiger partial charge in [-0.15, -0.1) is 0 Å². The average molecular weight is 507 g/mol. The molecule has 0 unspecified atom stereocenters. The SMILES string of the molecule is CCNc1cc2c(cn1)c(C1CCNCC1)nn2[C@H]1CC[C@@H](Oc2nccc(C(F)(F)F)c2F)CC1. The van der Waals surface area contributed by atoms with E-state index in [1.807, 2.05) is 19.2 Å². The molecule has 5 rings (SSSR count). The third-order valence-electron chi connectivity index (χ3n) is 7.13. The van der Waals surface area contributed by atoms with Crippen LogP contribution in [0.25, 0.3) is 10.9 Å². The van der Waals surface area contributed by atoms with Gasteiger partial charge in [-0.1, -0.05) is 0 Å². The monoisotopic (exact) mass is 506 g/mol. The van der Waals surface area contributed by atoms with Gasteiger partial charge in [-0.2, -0.15) is 18.3 Å². The molecule has 2 aliphatic rings. The highest BCUT2D eigenvalue weighted by atomic mass is 19.4. The Labute approximate surface area is 206 Å². The summed E-state index contributed by atoms with van der Waals surface area (Å²) in [5, 5.41) is 12.8. The normalized spacial score (nSPS) is 21.6. The quantitative estimate of drug-likeness (QED) is 0.434. The fourth-order valence-corrected chi connectivity index (χ4v) is 5.30. The van der Waals surface area contributed by atoms with Gasteiger partial charge in [0.05, 0.1) is 22.8 Å². The Hall–Kier alpha value is -2.95. The first kappa shape index (κ1) is 24.7. The lowest BCUT2D eigenvalue weighted by molar-refractivity contribution is -0.140. The molecule has 11 heteroatoms. The maximum Gasteiger partial charge on any atom is 0.419 e. The van der Waals surface area contributed by atoms with E-state index in [1.54, 1.807) is 0 Å². The number of fused-ring (bicyclic) bond motifs is 1. The van der Waals surface area contributed by atoms with Gasteiger partial charge >= 0.3 is 6.18 Å². The highest BCUT2D eigenvalue weighted by Crippen LogP contribution is 2.38. The molecule has 0 aromatic carbocycles. The summed E-state index contributed by atoms with van der Waals surface area (Å²) in [7, 11) is 0. The van der Waals surface area contributed by atoms with Crippen LogP contribution in [-0.2, 0) is 6.18 Å². The molecule has 1 aliphatic carbocycles. The molecule has 0 radical (unpaired) electrons. The van der Waals surface area contributed by atoms with Crippen molar-refractivity contribution in [2.45, 2.75) is 69.7 Å². The van der Waals surface area contributed by atoms with Crippen molar-refractivity contribution in [2.24, 2.45) is 0 Å². The summed E-state index contributed by atoms with van der Waals surface area (Å²) in [6, 6.07) is 2.78. The molecule has 0 bridgehead atoms. The van der Waals surface area contributed by atoms with Crippen LogP contribution in [0.4, 0.5) is 23.4 Å². The molecule has 0 amide bonds. The molecule has 3 aromatic heterocycles. The number of alkyl halides is 3. The zero-order valence-electron chi connectivity index (χ0n) is 20.1. The predicted molar refractivity (Wildman–Crippen MR) is 128 cm³/mol. The molecule has 2 N–H and O–H groups in total. The van der Waals surface area contributed by atoms with Gasteiger partial charge in [0, 0.05) is 36.3 Å². The topological polar surface area (TPSA) is 76.9 Å². The zero-order chi connectivity index (χ0) is 25.3. The summed E-state index contributed by atoms with van der Waals surface area (Å²) >= 11 is 0. The van der Waals surface area contributed by atoms with E-state index in [9.17, 15) is 17.6 Å². The average Bonchev–Trinajstić information content (AvgIpc) is 3.25. The summed E-state index contributed by atoms with van der Waals surface area (Å²) in [5.74, 6) is -0.879. The Morgan fingerprint density at radius 1 is 1.11 bits per heavy atom. The van der Waals surface area contributed by atoms with Crippen LogP contribution in [0.5, 0.6) is 5.88 Å². The number of ether oxygens (including phenoxy) is 1. The van der Waals surface area contributed by atoms with Crippen LogP contribution in [0.1, 0.15) is 68.7 Å². The molecule has 7 nitrogen and oxygen atoms in total. The highest BCUT2D eigenvalue weighted by Gasteiger charge is 2.36. The lowest BCUT2D eigenvalue weighted by Crippen LogP contribution is -2.28. The van der Waals surface area contributed by atoms with Gasteiger partial charge in [0.2, 0.25) is 0 Å². The van der Waals surface area contributed by atoms with Crippen LogP contribution in [0.15, 0.2) is 24.5 Å². The van der Waals surface area contributed by atoms with Gasteiger partial charge in [-0.05, 0) is 64.6 Å². The smallest absolute Gasteiger partial charge is 0.419 e. The Kier molecular flexibility index (Phi) is 7.00. The molecule has 194 valence electrons. The van der Waals surface area contributed by atoms with Crippen molar-refractivity contribution in [1.82, 2.24) is 25.1 Å². The number of rotatable bonds is 6. The van der Waals surface area contributed by atoms with Crippen LogP contribution in [0.3, 0.4) is 0 Å². The van der Waals surface area contributed by atoms with E-state index in [1.165, 1.54) is 0 Å². The number of aromatic nitrogens is 4. The van der Waals surface area contributed by atoms with Crippen LogP contribution in [0.2, 0.25) is 0 Å². The van der Waals surface area contributed by atoms with Crippen LogP contribution in [-0.4, -0.2) is 45.5 Å². The molecular weight excluding hydrogens is 476 g/mol. The van der Waals surface area contributed by atoms with E-state index in [-0.39, 0.29) is 6.04 Å². The van der Waals surface area contributed by atoms with Crippen LogP contribution >= 0.6 is 0 Å². The molecule has 0 spiro atoms. The van der Waals surface area contributed by atoms with Gasteiger partial charge < -0.3 is 15.4 Å². The maximum atomic E-state index is 14.4.